The SMILES string of the molecule is CCCNc1nccc(NCCOC)n1. The molecule has 1 rings (SSSR count). The average molecular weight is 210 g/mol. The molecule has 15 heavy (non-hydrogen) atoms. The van der Waals surface area contributed by atoms with Crippen LogP contribution in [0.15, 0.2) is 12.3 Å². The van der Waals surface area contributed by atoms with Crippen molar-refractivity contribution in [1.82, 2.24) is 9.97 Å². The minimum Gasteiger partial charge on any atom is -0.383 e. The fourth-order valence-electron chi connectivity index (χ4n) is 1.06. The Balaban J connectivity index is 2.42. The topological polar surface area (TPSA) is 59.1 Å². The summed E-state index contributed by atoms with van der Waals surface area (Å²) in [5.74, 6) is 1.49. The van der Waals surface area contributed by atoms with E-state index in [2.05, 4.69) is 27.5 Å². The van der Waals surface area contributed by atoms with Gasteiger partial charge in [-0.25, -0.2) is 4.98 Å². The van der Waals surface area contributed by atoms with Crippen LogP contribution in [0.1, 0.15) is 13.3 Å². The zero-order valence-corrected chi connectivity index (χ0v) is 9.29. The third-order valence-corrected chi connectivity index (χ3v) is 1.80. The van der Waals surface area contributed by atoms with Gasteiger partial charge in [-0.3, -0.25) is 0 Å². The zero-order valence-electron chi connectivity index (χ0n) is 9.29. The number of methoxy groups -OCH3 is 1. The maximum Gasteiger partial charge on any atom is 0.224 e. The van der Waals surface area contributed by atoms with Crippen LogP contribution in [0.2, 0.25) is 0 Å². The Hall–Kier alpha value is -1.36. The Morgan fingerprint density at radius 1 is 1.33 bits per heavy atom. The molecule has 1 heterocycles. The summed E-state index contributed by atoms with van der Waals surface area (Å²) >= 11 is 0. The minimum absolute atomic E-state index is 0.666. The predicted molar refractivity (Wildman–Crippen MR) is 61.2 cm³/mol. The molecule has 1 aromatic heterocycles. The molecule has 0 bridgehead atoms. The van der Waals surface area contributed by atoms with Crippen molar-refractivity contribution in [3.63, 3.8) is 0 Å². The molecule has 0 spiro atoms. The molecule has 0 aliphatic carbocycles. The quantitative estimate of drug-likeness (QED) is 0.665. The number of ether oxygens (including phenoxy) is 1. The summed E-state index contributed by atoms with van der Waals surface area (Å²) in [4.78, 5) is 8.40. The number of nitrogens with one attached hydrogen (secondary N) is 2. The van der Waals surface area contributed by atoms with Crippen molar-refractivity contribution < 1.29 is 4.74 Å². The summed E-state index contributed by atoms with van der Waals surface area (Å²) in [6.07, 6.45) is 2.80. The Morgan fingerprint density at radius 2 is 2.20 bits per heavy atom. The lowest BCUT2D eigenvalue weighted by molar-refractivity contribution is 0.210. The van der Waals surface area contributed by atoms with Gasteiger partial charge < -0.3 is 15.4 Å². The van der Waals surface area contributed by atoms with E-state index in [0.717, 1.165) is 25.3 Å². The van der Waals surface area contributed by atoms with E-state index in [9.17, 15) is 0 Å². The standard InChI is InChI=1S/C10H18N4O/c1-3-5-12-10-13-6-4-9(14-10)11-7-8-15-2/h4,6H,3,5,7-8H2,1-2H3,(H2,11,12,13,14). The van der Waals surface area contributed by atoms with Crippen LogP contribution in [-0.2, 0) is 4.74 Å². The van der Waals surface area contributed by atoms with Gasteiger partial charge in [-0.05, 0) is 12.5 Å². The lowest BCUT2D eigenvalue weighted by atomic mass is 10.5. The van der Waals surface area contributed by atoms with Gasteiger partial charge >= 0.3 is 0 Å². The summed E-state index contributed by atoms with van der Waals surface area (Å²) in [6, 6.07) is 1.84. The van der Waals surface area contributed by atoms with Crippen LogP contribution >= 0.6 is 0 Å². The van der Waals surface area contributed by atoms with Gasteiger partial charge in [0.25, 0.3) is 0 Å². The van der Waals surface area contributed by atoms with E-state index in [-0.39, 0.29) is 0 Å². The van der Waals surface area contributed by atoms with Gasteiger partial charge in [0.2, 0.25) is 5.95 Å². The van der Waals surface area contributed by atoms with Crippen molar-refractivity contribution in [2.45, 2.75) is 13.3 Å². The van der Waals surface area contributed by atoms with E-state index in [0.29, 0.717) is 12.6 Å². The number of hydrogen-bond donors (Lipinski definition) is 2. The van der Waals surface area contributed by atoms with Crippen LogP contribution < -0.4 is 10.6 Å². The van der Waals surface area contributed by atoms with Crippen LogP contribution in [0, 0.1) is 0 Å². The molecule has 0 aliphatic heterocycles. The number of rotatable bonds is 7. The molecule has 2 N–H and O–H groups in total. The maximum absolute atomic E-state index is 4.94. The molecule has 0 saturated heterocycles. The van der Waals surface area contributed by atoms with E-state index >= 15 is 0 Å². The fourth-order valence-corrected chi connectivity index (χ4v) is 1.06. The third-order valence-electron chi connectivity index (χ3n) is 1.80. The van der Waals surface area contributed by atoms with Crippen molar-refractivity contribution >= 4 is 11.8 Å². The summed E-state index contributed by atoms with van der Waals surface area (Å²) in [5, 5.41) is 6.28. The smallest absolute Gasteiger partial charge is 0.224 e. The molecule has 0 aliphatic rings. The minimum atomic E-state index is 0.666. The lowest BCUT2D eigenvalue weighted by Gasteiger charge is -2.06. The first-order chi connectivity index (χ1) is 7.36. The third kappa shape index (κ3) is 4.60. The van der Waals surface area contributed by atoms with Gasteiger partial charge in [-0.1, -0.05) is 6.92 Å². The van der Waals surface area contributed by atoms with Gasteiger partial charge in [-0.2, -0.15) is 4.98 Å². The number of nitrogens with zero attached hydrogens (tertiary/aromatic N) is 2. The van der Waals surface area contributed by atoms with Crippen molar-refractivity contribution in [1.29, 1.82) is 0 Å². The molecule has 0 atom stereocenters. The van der Waals surface area contributed by atoms with Crippen molar-refractivity contribution in [2.75, 3.05) is 37.4 Å². The molecular weight excluding hydrogens is 192 g/mol. The second-order valence-electron chi connectivity index (χ2n) is 3.11. The number of aromatic nitrogens is 2. The monoisotopic (exact) mass is 210 g/mol. The highest BCUT2D eigenvalue weighted by atomic mass is 16.5. The van der Waals surface area contributed by atoms with Crippen molar-refractivity contribution in [3.8, 4) is 0 Å². The van der Waals surface area contributed by atoms with Gasteiger partial charge in [0.15, 0.2) is 0 Å². The van der Waals surface area contributed by atoms with Crippen LogP contribution in [-0.4, -0.2) is 36.8 Å². The maximum atomic E-state index is 4.94. The predicted octanol–water partition coefficient (Wildman–Crippen LogP) is 1.36. The van der Waals surface area contributed by atoms with E-state index in [1.54, 1.807) is 13.3 Å². The summed E-state index contributed by atoms with van der Waals surface area (Å²) in [7, 11) is 1.68. The molecule has 5 nitrogen and oxygen atoms in total. The van der Waals surface area contributed by atoms with Crippen LogP contribution in [0.4, 0.5) is 11.8 Å². The molecule has 0 unspecified atom stereocenters. The van der Waals surface area contributed by atoms with Gasteiger partial charge in [0, 0.05) is 26.4 Å². The molecule has 0 amide bonds. The van der Waals surface area contributed by atoms with Crippen molar-refractivity contribution in [2.24, 2.45) is 0 Å². The first-order valence-electron chi connectivity index (χ1n) is 5.16. The largest absolute Gasteiger partial charge is 0.383 e. The molecular formula is C10H18N4O. The van der Waals surface area contributed by atoms with Crippen LogP contribution in [0.25, 0.3) is 0 Å². The van der Waals surface area contributed by atoms with Gasteiger partial charge in [0.05, 0.1) is 6.61 Å². The number of hydrogen-bond acceptors (Lipinski definition) is 5. The second kappa shape index (κ2) is 7.00. The van der Waals surface area contributed by atoms with Crippen LogP contribution in [0.5, 0.6) is 0 Å². The van der Waals surface area contributed by atoms with Gasteiger partial charge in [-0.15, -0.1) is 0 Å². The molecule has 84 valence electrons. The molecule has 0 radical (unpaired) electrons. The Kier molecular flexibility index (Phi) is 5.47. The Labute approximate surface area is 90.3 Å². The first-order valence-corrected chi connectivity index (χ1v) is 5.16. The normalized spacial score (nSPS) is 10.0. The average Bonchev–Trinajstić information content (AvgIpc) is 2.27. The fraction of sp³-hybridized carbons (Fsp3) is 0.600. The Morgan fingerprint density at radius 3 is 2.93 bits per heavy atom. The zero-order chi connectivity index (χ0) is 10.9. The second-order valence-corrected chi connectivity index (χ2v) is 3.11. The van der Waals surface area contributed by atoms with E-state index in [1.165, 1.54) is 0 Å². The highest BCUT2D eigenvalue weighted by Gasteiger charge is 1.96. The highest BCUT2D eigenvalue weighted by Crippen LogP contribution is 2.04. The number of anilines is 2. The molecule has 0 aromatic carbocycles. The van der Waals surface area contributed by atoms with Crippen molar-refractivity contribution in [3.05, 3.63) is 12.3 Å². The molecule has 5 heteroatoms. The molecule has 0 fully saturated rings. The highest BCUT2D eigenvalue weighted by molar-refractivity contribution is 5.39. The summed E-state index contributed by atoms with van der Waals surface area (Å²) in [6.45, 7) is 4.41. The Bertz CT molecular complexity index is 280. The summed E-state index contributed by atoms with van der Waals surface area (Å²) < 4.78 is 4.94. The van der Waals surface area contributed by atoms with E-state index in [1.807, 2.05) is 6.07 Å². The summed E-state index contributed by atoms with van der Waals surface area (Å²) in [5.41, 5.74) is 0. The molecule has 1 aromatic rings. The van der Waals surface area contributed by atoms with E-state index < -0.39 is 0 Å². The van der Waals surface area contributed by atoms with Crippen LogP contribution in [0.3, 0.4) is 0 Å². The van der Waals surface area contributed by atoms with Gasteiger partial charge in [0.1, 0.15) is 5.82 Å². The first kappa shape index (κ1) is 11.7. The molecule has 0 saturated carbocycles. The lowest BCUT2D eigenvalue weighted by Crippen LogP contribution is -2.10. The van der Waals surface area contributed by atoms with E-state index in [4.69, 9.17) is 4.74 Å².